The Morgan fingerprint density at radius 1 is 1.58 bits per heavy atom. The summed E-state index contributed by atoms with van der Waals surface area (Å²) in [6.07, 6.45) is 0.888. The Morgan fingerprint density at radius 3 is 2.92 bits per heavy atom. The molecule has 0 fully saturated rings. The van der Waals surface area contributed by atoms with E-state index in [1.807, 2.05) is 13.0 Å². The Morgan fingerprint density at radius 2 is 2.33 bits per heavy atom. The number of hydrogen-bond donors (Lipinski definition) is 1. The summed E-state index contributed by atoms with van der Waals surface area (Å²) in [6, 6.07) is 7.18. The maximum absolute atomic E-state index is 10.9. The van der Waals surface area contributed by atoms with E-state index in [1.54, 1.807) is 18.2 Å². The second-order valence-electron chi connectivity index (χ2n) is 2.47. The number of carbonyl (C=O) groups is 1. The topological polar surface area (TPSA) is 53.3 Å². The minimum absolute atomic E-state index is 0.481. The van der Waals surface area contributed by atoms with Crippen LogP contribution in [0.1, 0.15) is 22.8 Å². The molecule has 1 aromatic carbocycles. The highest BCUT2D eigenvalue weighted by atomic mass is 16.1. The predicted molar refractivity (Wildman–Crippen MR) is 45.3 cm³/mol. The van der Waals surface area contributed by atoms with E-state index in [0.29, 0.717) is 5.56 Å². The van der Waals surface area contributed by atoms with E-state index >= 15 is 0 Å². The summed E-state index contributed by atoms with van der Waals surface area (Å²) in [4.78, 5) is 10.9. The molecule has 0 saturated carbocycles. The lowest BCUT2D eigenvalue weighted by atomic mass is 10.1. The minimum atomic E-state index is -0.481. The molecule has 3 heteroatoms. The zero-order valence-corrected chi connectivity index (χ0v) is 6.87. The lowest BCUT2D eigenvalue weighted by Gasteiger charge is -1.97. The molecular weight excluding hydrogens is 152 g/mol. The largest absolute Gasteiger partial charge is 0.294 e. The molecule has 0 heterocycles. The first kappa shape index (κ1) is 8.59. The van der Waals surface area contributed by atoms with Crippen molar-refractivity contribution in [2.24, 2.45) is 5.11 Å². The van der Waals surface area contributed by atoms with Gasteiger partial charge in [-0.05, 0) is 24.1 Å². The zero-order chi connectivity index (χ0) is 8.97. The molecule has 0 radical (unpaired) electrons. The van der Waals surface area contributed by atoms with Gasteiger partial charge in [0.05, 0.1) is 0 Å². The molecule has 1 N–H and O–H groups in total. The molecule has 0 aliphatic heterocycles. The summed E-state index contributed by atoms with van der Waals surface area (Å²) < 4.78 is 0. The molecule has 1 aromatic rings. The van der Waals surface area contributed by atoms with E-state index < -0.39 is 5.91 Å². The van der Waals surface area contributed by atoms with Crippen LogP contribution in [0.25, 0.3) is 0 Å². The number of nitrogens with one attached hydrogen (secondary N) is 1. The van der Waals surface area contributed by atoms with Crippen molar-refractivity contribution in [1.29, 1.82) is 5.53 Å². The summed E-state index contributed by atoms with van der Waals surface area (Å²) in [5, 5.41) is 2.85. The van der Waals surface area contributed by atoms with Gasteiger partial charge in [-0.1, -0.05) is 19.1 Å². The van der Waals surface area contributed by atoms with E-state index in [-0.39, 0.29) is 0 Å². The van der Waals surface area contributed by atoms with Gasteiger partial charge >= 0.3 is 0 Å². The molecular formula is C9H10N2O. The van der Waals surface area contributed by atoms with Gasteiger partial charge in [0.2, 0.25) is 0 Å². The van der Waals surface area contributed by atoms with Crippen LogP contribution < -0.4 is 0 Å². The molecule has 0 atom stereocenters. The molecule has 0 spiro atoms. The third-order valence-corrected chi connectivity index (χ3v) is 1.68. The molecule has 0 bridgehead atoms. The van der Waals surface area contributed by atoms with Crippen LogP contribution in [0.5, 0.6) is 0 Å². The average Bonchev–Trinajstić information content (AvgIpc) is 2.17. The Kier molecular flexibility index (Phi) is 2.69. The van der Waals surface area contributed by atoms with Gasteiger partial charge in [0.15, 0.2) is 0 Å². The fraction of sp³-hybridized carbons (Fsp3) is 0.222. The van der Waals surface area contributed by atoms with Crippen LogP contribution in [-0.4, -0.2) is 5.91 Å². The van der Waals surface area contributed by atoms with E-state index in [0.717, 1.165) is 12.0 Å². The Labute approximate surface area is 70.9 Å². The van der Waals surface area contributed by atoms with Crippen molar-refractivity contribution in [3.63, 3.8) is 0 Å². The first-order valence-corrected chi connectivity index (χ1v) is 3.78. The van der Waals surface area contributed by atoms with Gasteiger partial charge in [0, 0.05) is 5.56 Å². The minimum Gasteiger partial charge on any atom is -0.265 e. The van der Waals surface area contributed by atoms with Crippen molar-refractivity contribution < 1.29 is 4.79 Å². The summed E-state index contributed by atoms with van der Waals surface area (Å²) in [7, 11) is 0. The van der Waals surface area contributed by atoms with Crippen molar-refractivity contribution in [3.05, 3.63) is 35.4 Å². The van der Waals surface area contributed by atoms with Crippen molar-refractivity contribution in [2.75, 3.05) is 0 Å². The summed E-state index contributed by atoms with van der Waals surface area (Å²) >= 11 is 0. The van der Waals surface area contributed by atoms with Gasteiger partial charge in [-0.15, -0.1) is 5.11 Å². The Hall–Kier alpha value is -1.51. The standard InChI is InChI=1S/C9H10N2O/c1-2-7-4-3-5-8(6-7)9(12)11-10/h3-6,10H,2H2,1H3. The second kappa shape index (κ2) is 3.76. The van der Waals surface area contributed by atoms with Crippen molar-refractivity contribution in [1.82, 2.24) is 0 Å². The molecule has 12 heavy (non-hydrogen) atoms. The van der Waals surface area contributed by atoms with Crippen molar-refractivity contribution >= 4 is 5.91 Å². The molecule has 0 aliphatic carbocycles. The van der Waals surface area contributed by atoms with Crippen molar-refractivity contribution in [2.45, 2.75) is 13.3 Å². The average molecular weight is 162 g/mol. The van der Waals surface area contributed by atoms with Crippen LogP contribution in [0.2, 0.25) is 0 Å². The molecule has 1 rings (SSSR count). The Bertz CT molecular complexity index is 307. The highest BCUT2D eigenvalue weighted by Crippen LogP contribution is 2.06. The summed E-state index contributed by atoms with van der Waals surface area (Å²) in [5.74, 6) is -0.481. The lowest BCUT2D eigenvalue weighted by molar-refractivity contribution is 0.0991. The van der Waals surface area contributed by atoms with E-state index in [9.17, 15) is 4.79 Å². The van der Waals surface area contributed by atoms with Crippen molar-refractivity contribution in [3.8, 4) is 0 Å². The predicted octanol–water partition coefficient (Wildman–Crippen LogP) is 2.42. The maximum Gasteiger partial charge on any atom is 0.294 e. The third kappa shape index (κ3) is 1.75. The number of hydrogen-bond acceptors (Lipinski definition) is 2. The first-order valence-electron chi connectivity index (χ1n) is 3.78. The Balaban J connectivity index is 3.01. The van der Waals surface area contributed by atoms with E-state index in [4.69, 9.17) is 5.53 Å². The molecule has 62 valence electrons. The fourth-order valence-electron chi connectivity index (χ4n) is 0.989. The summed E-state index contributed by atoms with van der Waals surface area (Å²) in [6.45, 7) is 2.02. The van der Waals surface area contributed by atoms with E-state index in [1.165, 1.54) is 0 Å². The number of carbonyl (C=O) groups excluding carboxylic acids is 1. The van der Waals surface area contributed by atoms with Crippen LogP contribution in [0.15, 0.2) is 29.4 Å². The number of nitrogens with zero attached hydrogens (tertiary/aromatic N) is 1. The van der Waals surface area contributed by atoms with Gasteiger partial charge in [-0.3, -0.25) is 4.79 Å². The number of rotatable bonds is 2. The maximum atomic E-state index is 10.9. The van der Waals surface area contributed by atoms with Gasteiger partial charge < -0.3 is 0 Å². The highest BCUT2D eigenvalue weighted by molar-refractivity contribution is 5.94. The molecule has 0 unspecified atom stereocenters. The van der Waals surface area contributed by atoms with Gasteiger partial charge in [-0.25, -0.2) is 5.53 Å². The number of aryl methyl sites for hydroxylation is 1. The SMILES string of the molecule is CCc1cccc(C(=O)N=N)c1. The molecule has 0 aromatic heterocycles. The molecule has 3 nitrogen and oxygen atoms in total. The highest BCUT2D eigenvalue weighted by Gasteiger charge is 2.02. The smallest absolute Gasteiger partial charge is 0.265 e. The van der Waals surface area contributed by atoms with Crippen LogP contribution in [0, 0.1) is 5.53 Å². The molecule has 0 saturated heterocycles. The third-order valence-electron chi connectivity index (χ3n) is 1.68. The normalized spacial score (nSPS) is 9.42. The van der Waals surface area contributed by atoms with Gasteiger partial charge in [-0.2, -0.15) is 0 Å². The second-order valence-corrected chi connectivity index (χ2v) is 2.47. The molecule has 1 amide bonds. The van der Waals surface area contributed by atoms with Crippen LogP contribution >= 0.6 is 0 Å². The van der Waals surface area contributed by atoms with Gasteiger partial charge in [0.25, 0.3) is 5.91 Å². The van der Waals surface area contributed by atoms with Crippen LogP contribution in [0.3, 0.4) is 0 Å². The molecule has 0 aliphatic rings. The van der Waals surface area contributed by atoms with Gasteiger partial charge in [0.1, 0.15) is 0 Å². The van der Waals surface area contributed by atoms with Crippen LogP contribution in [-0.2, 0) is 6.42 Å². The number of amides is 1. The first-order chi connectivity index (χ1) is 5.77. The number of benzene rings is 1. The summed E-state index contributed by atoms with van der Waals surface area (Å²) in [5.41, 5.74) is 8.13. The van der Waals surface area contributed by atoms with E-state index in [2.05, 4.69) is 5.11 Å². The lowest BCUT2D eigenvalue weighted by Crippen LogP contribution is -1.94. The zero-order valence-electron chi connectivity index (χ0n) is 6.87. The van der Waals surface area contributed by atoms with Crippen LogP contribution in [0.4, 0.5) is 0 Å². The quantitative estimate of drug-likeness (QED) is 0.667. The monoisotopic (exact) mass is 162 g/mol. The fourth-order valence-corrected chi connectivity index (χ4v) is 0.989.